The number of aliphatic imine (C=N–C) groups is 1. The molecule has 6 heteroatoms. The largest absolute Gasteiger partial charge is 0.508 e. The minimum Gasteiger partial charge on any atom is -0.508 e. The average Bonchev–Trinajstić information content (AvgIpc) is 3.01. The quantitative estimate of drug-likeness (QED) is 0.373. The highest BCUT2D eigenvalue weighted by atomic mass is 32.2. The van der Waals surface area contributed by atoms with Crippen LogP contribution in [0.5, 0.6) is 5.75 Å². The number of hydrazine groups is 1. The van der Waals surface area contributed by atoms with Gasteiger partial charge in [-0.25, -0.2) is 10.0 Å². The summed E-state index contributed by atoms with van der Waals surface area (Å²) in [5, 5.41) is 11.7. The van der Waals surface area contributed by atoms with Crippen molar-refractivity contribution < 1.29 is 9.90 Å². The van der Waals surface area contributed by atoms with Gasteiger partial charge in [0.2, 0.25) is 0 Å². The third-order valence-corrected chi connectivity index (χ3v) is 7.50. The molecule has 2 aliphatic rings. The van der Waals surface area contributed by atoms with E-state index in [4.69, 9.17) is 4.99 Å². The van der Waals surface area contributed by atoms with E-state index in [0.29, 0.717) is 11.6 Å². The van der Waals surface area contributed by atoms with Crippen LogP contribution in [0.2, 0.25) is 0 Å². The summed E-state index contributed by atoms with van der Waals surface area (Å²) in [6.45, 7) is 0. The van der Waals surface area contributed by atoms with E-state index in [2.05, 4.69) is 17.6 Å². The average molecular weight is 458 g/mol. The topological polar surface area (TPSA) is 64.9 Å². The molecule has 168 valence electrons. The molecule has 1 amide bonds. The number of phenols is 1. The van der Waals surface area contributed by atoms with Gasteiger partial charge in [-0.15, -0.1) is 0 Å². The summed E-state index contributed by atoms with van der Waals surface area (Å²) in [4.78, 5) is 20.2. The van der Waals surface area contributed by atoms with Gasteiger partial charge in [-0.05, 0) is 61.4 Å². The number of hydrogen-bond donors (Lipinski definition) is 2. The fourth-order valence-electron chi connectivity index (χ4n) is 4.51. The second kappa shape index (κ2) is 9.41. The molecule has 33 heavy (non-hydrogen) atoms. The number of phenolic OH excluding ortho intramolecular Hbond substituents is 1. The monoisotopic (exact) mass is 457 g/mol. The van der Waals surface area contributed by atoms with E-state index < -0.39 is 0 Å². The fraction of sp³-hybridized carbons (Fsp3) is 0.259. The summed E-state index contributed by atoms with van der Waals surface area (Å²) in [6.07, 6.45) is 5.96. The normalized spacial score (nSPS) is 15.9. The van der Waals surface area contributed by atoms with Crippen LogP contribution in [0.25, 0.3) is 0 Å². The van der Waals surface area contributed by atoms with Gasteiger partial charge in [0.25, 0.3) is 5.91 Å². The van der Waals surface area contributed by atoms with Crippen molar-refractivity contribution in [3.05, 3.63) is 83.4 Å². The van der Waals surface area contributed by atoms with Crippen molar-refractivity contribution in [3.8, 4) is 5.75 Å². The van der Waals surface area contributed by atoms with Crippen molar-refractivity contribution in [2.24, 2.45) is 4.99 Å². The number of rotatable bonds is 4. The molecule has 1 heterocycles. The molecule has 0 aromatic heterocycles. The van der Waals surface area contributed by atoms with Gasteiger partial charge in [-0.1, -0.05) is 49.2 Å². The van der Waals surface area contributed by atoms with Crippen LogP contribution in [0, 0.1) is 0 Å². The number of aromatic hydroxyl groups is 1. The summed E-state index contributed by atoms with van der Waals surface area (Å²) in [7, 11) is 1.96. The van der Waals surface area contributed by atoms with Crippen LogP contribution in [0.3, 0.4) is 0 Å². The standard InChI is InChI=1S/C27H27N3O2S/c1-30(20-7-3-2-4-8-20)29-27(32)19-13-16-25-23(17-19)28-26(18-11-14-21(31)15-12-18)22-9-5-6-10-24(22)33-25/h5-6,9-17,20,31H,2-4,7-8H2,1H3,(H,29,32). The molecule has 1 aliphatic carbocycles. The maximum Gasteiger partial charge on any atom is 0.265 e. The van der Waals surface area contributed by atoms with Crippen molar-refractivity contribution >= 4 is 29.1 Å². The maximum absolute atomic E-state index is 13.0. The lowest BCUT2D eigenvalue weighted by molar-refractivity contribution is 0.0711. The van der Waals surface area contributed by atoms with E-state index in [1.54, 1.807) is 23.9 Å². The molecule has 0 saturated heterocycles. The van der Waals surface area contributed by atoms with Crippen LogP contribution >= 0.6 is 11.8 Å². The SMILES string of the molecule is CN(NC(=O)c1ccc2c(c1)N=C(c1ccc(O)cc1)c1ccccc1S2)C1CCCCC1. The summed E-state index contributed by atoms with van der Waals surface area (Å²) < 4.78 is 0. The number of hydrogen-bond acceptors (Lipinski definition) is 5. The summed E-state index contributed by atoms with van der Waals surface area (Å²) in [5.41, 5.74) is 7.21. The second-order valence-corrected chi connectivity index (χ2v) is 9.72. The van der Waals surface area contributed by atoms with Crippen LogP contribution in [-0.2, 0) is 0 Å². The van der Waals surface area contributed by atoms with E-state index in [1.165, 1.54) is 19.3 Å². The third kappa shape index (κ3) is 4.68. The Labute approximate surface area is 198 Å². The maximum atomic E-state index is 13.0. The lowest BCUT2D eigenvalue weighted by atomic mass is 9.95. The van der Waals surface area contributed by atoms with Crippen LogP contribution in [-0.4, -0.2) is 34.8 Å². The molecule has 3 aromatic rings. The third-order valence-electron chi connectivity index (χ3n) is 6.36. The molecule has 1 aliphatic heterocycles. The molecular formula is C27H27N3O2S. The Morgan fingerprint density at radius 1 is 1.00 bits per heavy atom. The number of carbonyl (C=O) groups is 1. The first-order valence-electron chi connectivity index (χ1n) is 11.4. The highest BCUT2D eigenvalue weighted by molar-refractivity contribution is 7.99. The fourth-order valence-corrected chi connectivity index (χ4v) is 5.51. The van der Waals surface area contributed by atoms with Crippen molar-refractivity contribution in [2.45, 2.75) is 47.9 Å². The number of carbonyl (C=O) groups excluding carboxylic acids is 1. The first kappa shape index (κ1) is 21.7. The molecule has 5 rings (SSSR count). The number of nitrogens with one attached hydrogen (secondary N) is 1. The highest BCUT2D eigenvalue weighted by Crippen LogP contribution is 2.41. The minimum absolute atomic E-state index is 0.112. The summed E-state index contributed by atoms with van der Waals surface area (Å²) in [5.74, 6) is 0.107. The van der Waals surface area contributed by atoms with Gasteiger partial charge in [0, 0.05) is 39.6 Å². The number of amides is 1. The first-order valence-corrected chi connectivity index (χ1v) is 12.2. The smallest absolute Gasteiger partial charge is 0.265 e. The molecule has 0 spiro atoms. The lowest BCUT2D eigenvalue weighted by Crippen LogP contribution is -2.46. The van der Waals surface area contributed by atoms with Gasteiger partial charge in [0.05, 0.1) is 11.4 Å². The first-order chi connectivity index (χ1) is 16.1. The second-order valence-electron chi connectivity index (χ2n) is 8.63. The molecule has 0 unspecified atom stereocenters. The van der Waals surface area contributed by atoms with Crippen LogP contribution < -0.4 is 5.43 Å². The molecule has 3 aromatic carbocycles. The van der Waals surface area contributed by atoms with Crippen molar-refractivity contribution in [3.63, 3.8) is 0 Å². The van der Waals surface area contributed by atoms with Crippen molar-refractivity contribution in [1.29, 1.82) is 0 Å². The summed E-state index contributed by atoms with van der Waals surface area (Å²) in [6, 6.07) is 21.4. The lowest BCUT2D eigenvalue weighted by Gasteiger charge is -2.31. The Hall–Kier alpha value is -3.09. The Balaban J connectivity index is 1.48. The molecule has 5 nitrogen and oxygen atoms in total. The molecule has 1 saturated carbocycles. The molecule has 0 radical (unpaired) electrons. The van der Waals surface area contributed by atoms with Gasteiger partial charge < -0.3 is 5.11 Å². The number of benzene rings is 3. The molecule has 0 bridgehead atoms. The molecule has 1 fully saturated rings. The summed E-state index contributed by atoms with van der Waals surface area (Å²) >= 11 is 1.66. The zero-order chi connectivity index (χ0) is 22.8. The predicted molar refractivity (Wildman–Crippen MR) is 133 cm³/mol. The van der Waals surface area contributed by atoms with Gasteiger partial charge >= 0.3 is 0 Å². The van der Waals surface area contributed by atoms with E-state index in [0.717, 1.165) is 45.2 Å². The molecule has 0 atom stereocenters. The Bertz CT molecular complexity index is 1200. The highest BCUT2D eigenvalue weighted by Gasteiger charge is 2.22. The van der Waals surface area contributed by atoms with E-state index in [9.17, 15) is 9.90 Å². The minimum atomic E-state index is -0.112. The van der Waals surface area contributed by atoms with E-state index >= 15 is 0 Å². The number of fused-ring (bicyclic) bond motifs is 2. The van der Waals surface area contributed by atoms with Crippen LogP contribution in [0.4, 0.5) is 5.69 Å². The Morgan fingerprint density at radius 3 is 2.55 bits per heavy atom. The van der Waals surface area contributed by atoms with Crippen molar-refractivity contribution in [1.82, 2.24) is 10.4 Å². The molecule has 2 N–H and O–H groups in total. The van der Waals surface area contributed by atoms with Crippen LogP contribution in [0.1, 0.15) is 53.6 Å². The Kier molecular flexibility index (Phi) is 6.20. The van der Waals surface area contributed by atoms with Gasteiger partial charge in [0.1, 0.15) is 5.75 Å². The van der Waals surface area contributed by atoms with Crippen molar-refractivity contribution in [2.75, 3.05) is 7.05 Å². The zero-order valence-corrected chi connectivity index (χ0v) is 19.4. The van der Waals surface area contributed by atoms with E-state index in [-0.39, 0.29) is 11.7 Å². The predicted octanol–water partition coefficient (Wildman–Crippen LogP) is 5.94. The van der Waals surface area contributed by atoms with E-state index in [1.807, 2.05) is 54.5 Å². The van der Waals surface area contributed by atoms with Gasteiger partial charge in [-0.2, -0.15) is 0 Å². The zero-order valence-electron chi connectivity index (χ0n) is 18.6. The van der Waals surface area contributed by atoms with Gasteiger partial charge in [-0.3, -0.25) is 10.2 Å². The number of nitrogens with zero attached hydrogens (tertiary/aromatic N) is 2. The van der Waals surface area contributed by atoms with Crippen LogP contribution in [0.15, 0.2) is 81.5 Å². The Morgan fingerprint density at radius 2 is 1.76 bits per heavy atom. The van der Waals surface area contributed by atoms with Gasteiger partial charge in [0.15, 0.2) is 0 Å². The molecular weight excluding hydrogens is 430 g/mol.